The number of carbonyl (C=O) groups is 2. The smallest absolute Gasteiger partial charge is 0.244 e. The third kappa shape index (κ3) is 2.26. The van der Waals surface area contributed by atoms with Gasteiger partial charge >= 0.3 is 0 Å². The Morgan fingerprint density at radius 1 is 1.53 bits per heavy atom. The third-order valence-electron chi connectivity index (χ3n) is 2.69. The lowest BCUT2D eigenvalue weighted by atomic mass is 10.1. The normalized spacial score (nSPS) is 16.1. The molecule has 1 unspecified atom stereocenters. The molecule has 0 saturated carbocycles. The first kappa shape index (κ1) is 11.9. The van der Waals surface area contributed by atoms with Crippen molar-refractivity contribution in [2.45, 2.75) is 6.92 Å². The molecule has 0 spiro atoms. The van der Waals surface area contributed by atoms with Crippen molar-refractivity contribution >= 4 is 34.8 Å². The Kier molecular flexibility index (Phi) is 3.33. The van der Waals surface area contributed by atoms with Crippen molar-refractivity contribution in [3.63, 3.8) is 0 Å². The summed E-state index contributed by atoms with van der Waals surface area (Å²) in [6, 6.07) is 7.24. The number of hydrogen-bond donors (Lipinski definition) is 1. The van der Waals surface area contributed by atoms with Crippen LogP contribution < -0.4 is 10.2 Å². The Labute approximate surface area is 105 Å². The predicted molar refractivity (Wildman–Crippen MR) is 67.3 cm³/mol. The van der Waals surface area contributed by atoms with Crippen LogP contribution in [0.15, 0.2) is 24.3 Å². The number of alkyl halides is 1. The highest BCUT2D eigenvalue weighted by atomic mass is 35.5. The molecular formula is C12H13ClN2O2. The molecular weight excluding hydrogens is 240 g/mol. The highest BCUT2D eigenvalue weighted by molar-refractivity contribution is 6.20. The summed E-state index contributed by atoms with van der Waals surface area (Å²) in [6.07, 6.45) is 0. The second-order valence-electron chi connectivity index (χ2n) is 4.05. The van der Waals surface area contributed by atoms with Crippen molar-refractivity contribution < 1.29 is 9.59 Å². The van der Waals surface area contributed by atoms with Crippen LogP contribution in [0, 0.1) is 5.92 Å². The fraction of sp³-hybridized carbons (Fsp3) is 0.333. The third-order valence-corrected chi connectivity index (χ3v) is 3.15. The van der Waals surface area contributed by atoms with E-state index < -0.39 is 0 Å². The van der Waals surface area contributed by atoms with Gasteiger partial charge in [-0.15, -0.1) is 11.6 Å². The molecule has 0 bridgehead atoms. The Morgan fingerprint density at radius 3 is 2.94 bits per heavy atom. The molecule has 0 radical (unpaired) electrons. The van der Waals surface area contributed by atoms with Crippen molar-refractivity contribution in [2.24, 2.45) is 5.92 Å². The standard InChI is InChI=1S/C12H13ClN2O2/c1-8(6-13)12(17)15-7-11(16)14-9-4-2-3-5-10(9)15/h2-5,8H,6-7H2,1H3,(H,14,16). The molecule has 1 aliphatic rings. The lowest BCUT2D eigenvalue weighted by Crippen LogP contribution is -2.44. The van der Waals surface area contributed by atoms with E-state index >= 15 is 0 Å². The van der Waals surface area contributed by atoms with Gasteiger partial charge in [0.15, 0.2) is 0 Å². The molecule has 0 aromatic heterocycles. The van der Waals surface area contributed by atoms with Gasteiger partial charge in [-0.3, -0.25) is 9.59 Å². The summed E-state index contributed by atoms with van der Waals surface area (Å²) in [5.41, 5.74) is 1.40. The monoisotopic (exact) mass is 252 g/mol. The molecule has 0 aliphatic carbocycles. The Morgan fingerprint density at radius 2 is 2.24 bits per heavy atom. The van der Waals surface area contributed by atoms with Gasteiger partial charge in [0.25, 0.3) is 0 Å². The van der Waals surface area contributed by atoms with Gasteiger partial charge < -0.3 is 10.2 Å². The molecule has 4 nitrogen and oxygen atoms in total. The van der Waals surface area contributed by atoms with Gasteiger partial charge in [-0.2, -0.15) is 0 Å². The number of amides is 2. The van der Waals surface area contributed by atoms with E-state index in [1.165, 1.54) is 4.90 Å². The van der Waals surface area contributed by atoms with E-state index in [1.54, 1.807) is 13.0 Å². The van der Waals surface area contributed by atoms with E-state index in [9.17, 15) is 9.59 Å². The van der Waals surface area contributed by atoms with Crippen LogP contribution in [0.5, 0.6) is 0 Å². The Hall–Kier alpha value is -1.55. The summed E-state index contributed by atoms with van der Waals surface area (Å²) in [7, 11) is 0. The zero-order valence-corrected chi connectivity index (χ0v) is 10.2. The lowest BCUT2D eigenvalue weighted by Gasteiger charge is -2.30. The molecule has 2 rings (SSSR count). The lowest BCUT2D eigenvalue weighted by molar-refractivity contribution is -0.123. The van der Waals surface area contributed by atoms with E-state index in [1.807, 2.05) is 18.2 Å². The maximum atomic E-state index is 12.1. The fourth-order valence-corrected chi connectivity index (χ4v) is 1.89. The molecule has 1 atom stereocenters. The van der Waals surface area contributed by atoms with Gasteiger partial charge in [0.05, 0.1) is 11.4 Å². The number of anilines is 2. The number of rotatable bonds is 2. The van der Waals surface area contributed by atoms with E-state index in [0.717, 1.165) is 5.69 Å². The minimum Gasteiger partial charge on any atom is -0.323 e. The highest BCUT2D eigenvalue weighted by Crippen LogP contribution is 2.29. The van der Waals surface area contributed by atoms with Crippen LogP contribution in [0.4, 0.5) is 11.4 Å². The first-order valence-electron chi connectivity index (χ1n) is 5.39. The number of hydrogen-bond acceptors (Lipinski definition) is 2. The minimum atomic E-state index is -0.296. The summed E-state index contributed by atoms with van der Waals surface area (Å²) < 4.78 is 0. The fourth-order valence-electron chi connectivity index (χ4n) is 1.76. The van der Waals surface area contributed by atoms with Gasteiger partial charge in [-0.1, -0.05) is 19.1 Å². The quantitative estimate of drug-likeness (QED) is 0.817. The van der Waals surface area contributed by atoms with E-state index in [2.05, 4.69) is 5.32 Å². The largest absolute Gasteiger partial charge is 0.323 e. The molecule has 1 N–H and O–H groups in total. The SMILES string of the molecule is CC(CCl)C(=O)N1CC(=O)Nc2ccccc21. The maximum Gasteiger partial charge on any atom is 0.244 e. The second kappa shape index (κ2) is 4.75. The second-order valence-corrected chi connectivity index (χ2v) is 4.35. The molecule has 90 valence electrons. The van der Waals surface area contributed by atoms with Crippen LogP contribution in [0.25, 0.3) is 0 Å². The number of nitrogens with zero attached hydrogens (tertiary/aromatic N) is 1. The van der Waals surface area contributed by atoms with Gasteiger partial charge in [-0.05, 0) is 12.1 Å². The van der Waals surface area contributed by atoms with Gasteiger partial charge in [-0.25, -0.2) is 0 Å². The van der Waals surface area contributed by atoms with Gasteiger partial charge in [0.2, 0.25) is 11.8 Å². The summed E-state index contributed by atoms with van der Waals surface area (Å²) in [5, 5.41) is 2.74. The Balaban J connectivity index is 2.36. The van der Waals surface area contributed by atoms with Crippen LogP contribution in [-0.4, -0.2) is 24.2 Å². The Bertz CT molecular complexity index is 462. The predicted octanol–water partition coefficient (Wildman–Crippen LogP) is 1.85. The summed E-state index contributed by atoms with van der Waals surface area (Å²) >= 11 is 5.68. The van der Waals surface area contributed by atoms with Crippen molar-refractivity contribution in [1.29, 1.82) is 0 Å². The topological polar surface area (TPSA) is 49.4 Å². The number of fused-ring (bicyclic) bond motifs is 1. The average molecular weight is 253 g/mol. The van der Waals surface area contributed by atoms with Gasteiger partial charge in [0.1, 0.15) is 6.54 Å². The van der Waals surface area contributed by atoms with Crippen LogP contribution in [0.3, 0.4) is 0 Å². The summed E-state index contributed by atoms with van der Waals surface area (Å²) in [4.78, 5) is 25.1. The molecule has 0 fully saturated rings. The minimum absolute atomic E-state index is 0.0527. The average Bonchev–Trinajstić information content (AvgIpc) is 2.35. The van der Waals surface area contributed by atoms with Crippen molar-refractivity contribution in [1.82, 2.24) is 0 Å². The molecule has 0 saturated heterocycles. The van der Waals surface area contributed by atoms with Crippen molar-refractivity contribution in [3.8, 4) is 0 Å². The maximum absolute atomic E-state index is 12.1. The van der Waals surface area contributed by atoms with Crippen molar-refractivity contribution in [2.75, 3.05) is 22.6 Å². The zero-order chi connectivity index (χ0) is 12.4. The number of carbonyl (C=O) groups excluding carboxylic acids is 2. The first-order valence-corrected chi connectivity index (χ1v) is 5.93. The van der Waals surface area contributed by atoms with Crippen molar-refractivity contribution in [3.05, 3.63) is 24.3 Å². The molecule has 5 heteroatoms. The van der Waals surface area contributed by atoms with Crippen LogP contribution in [0.1, 0.15) is 6.92 Å². The highest BCUT2D eigenvalue weighted by Gasteiger charge is 2.28. The van der Waals surface area contributed by atoms with E-state index in [-0.39, 0.29) is 30.2 Å². The first-order chi connectivity index (χ1) is 8.13. The van der Waals surface area contributed by atoms with E-state index in [0.29, 0.717) is 5.69 Å². The molecule has 1 heterocycles. The summed E-state index contributed by atoms with van der Waals surface area (Å²) in [5.74, 6) is -0.351. The number of nitrogens with one attached hydrogen (secondary N) is 1. The number of para-hydroxylation sites is 2. The zero-order valence-electron chi connectivity index (χ0n) is 9.44. The van der Waals surface area contributed by atoms with Crippen LogP contribution in [0.2, 0.25) is 0 Å². The van der Waals surface area contributed by atoms with Crippen LogP contribution >= 0.6 is 11.6 Å². The van der Waals surface area contributed by atoms with Gasteiger partial charge in [0, 0.05) is 11.8 Å². The molecule has 17 heavy (non-hydrogen) atoms. The number of halogens is 1. The number of benzene rings is 1. The molecule has 1 aromatic rings. The molecule has 1 aliphatic heterocycles. The van der Waals surface area contributed by atoms with Crippen LogP contribution in [-0.2, 0) is 9.59 Å². The molecule has 2 amide bonds. The summed E-state index contributed by atoms with van der Waals surface area (Å²) in [6.45, 7) is 1.81. The van der Waals surface area contributed by atoms with E-state index in [4.69, 9.17) is 11.6 Å². The molecule has 1 aromatic carbocycles.